The first kappa shape index (κ1) is 47.1. The van der Waals surface area contributed by atoms with Crippen molar-refractivity contribution >= 4 is 62.9 Å². The van der Waals surface area contributed by atoms with Crippen molar-refractivity contribution in [3.05, 3.63) is 225 Å². The molecule has 0 aromatic heterocycles. The molecule has 0 aliphatic rings. The van der Waals surface area contributed by atoms with E-state index in [4.69, 9.17) is 0 Å². The lowest BCUT2D eigenvalue weighted by Gasteiger charge is -2.36. The Kier molecular flexibility index (Phi) is 12.9. The second-order valence-corrected chi connectivity index (χ2v) is 25.1. The minimum atomic E-state index is -3.01. The Labute approximate surface area is 404 Å². The van der Waals surface area contributed by atoms with Crippen molar-refractivity contribution in [3.63, 3.8) is 0 Å². The van der Waals surface area contributed by atoms with Gasteiger partial charge in [0.05, 0.1) is 0 Å². The molecule has 0 atom stereocenters. The van der Waals surface area contributed by atoms with Gasteiger partial charge in [0.2, 0.25) is 0 Å². The highest BCUT2D eigenvalue weighted by atomic mass is 28.3. The third kappa shape index (κ3) is 9.32. The zero-order chi connectivity index (χ0) is 48.0. The molecule has 0 heterocycles. The lowest BCUT2D eigenvalue weighted by molar-refractivity contribution is 0.590. The van der Waals surface area contributed by atoms with Gasteiger partial charge >= 0.3 is 0 Å². The smallest absolute Gasteiger partial charge is 0.179 e. The van der Waals surface area contributed by atoms with Crippen LogP contribution < -0.4 is 30.5 Å². The van der Waals surface area contributed by atoms with Crippen LogP contribution in [0.1, 0.15) is 97.2 Å². The first-order valence-electron chi connectivity index (χ1n) is 24.1. The summed E-state index contributed by atoms with van der Waals surface area (Å²) in [5, 5.41) is 5.42. The van der Waals surface area contributed by atoms with E-state index in [1.807, 2.05) is 0 Å². The molecule has 0 aliphatic heterocycles. The van der Waals surface area contributed by atoms with Gasteiger partial charge in [-0.05, 0) is 169 Å². The minimum Gasteiger partial charge on any atom is -0.310 e. The van der Waals surface area contributed by atoms with Gasteiger partial charge in [-0.1, -0.05) is 185 Å². The van der Waals surface area contributed by atoms with Crippen molar-refractivity contribution in [3.8, 4) is 0 Å². The summed E-state index contributed by atoms with van der Waals surface area (Å²) in [6.07, 6.45) is 0. The van der Waals surface area contributed by atoms with E-state index in [-0.39, 0.29) is 10.8 Å². The molecule has 8 rings (SSSR count). The van der Waals surface area contributed by atoms with Gasteiger partial charge < -0.3 is 9.80 Å². The highest BCUT2D eigenvalue weighted by Gasteiger charge is 2.42. The van der Waals surface area contributed by atoms with E-state index < -0.39 is 8.07 Å². The van der Waals surface area contributed by atoms with Crippen LogP contribution in [0.5, 0.6) is 0 Å². The summed E-state index contributed by atoms with van der Waals surface area (Å²) in [6.45, 7) is 31.5. The normalized spacial score (nSPS) is 12.0. The van der Waals surface area contributed by atoms with Crippen LogP contribution in [-0.4, -0.2) is 8.07 Å². The molecule has 0 fully saturated rings. The summed E-state index contributed by atoms with van der Waals surface area (Å²) in [7, 11) is -3.01. The van der Waals surface area contributed by atoms with Crippen molar-refractivity contribution in [2.75, 3.05) is 9.80 Å². The number of hydrogen-bond acceptors (Lipinski definition) is 2. The molecule has 8 aromatic carbocycles. The average Bonchev–Trinajstić information content (AvgIpc) is 3.27. The summed E-state index contributed by atoms with van der Waals surface area (Å²) in [6, 6.07) is 65.9. The van der Waals surface area contributed by atoms with Crippen molar-refractivity contribution < 1.29 is 0 Å². The van der Waals surface area contributed by atoms with Crippen LogP contribution in [0.2, 0.25) is 0 Å². The van der Waals surface area contributed by atoms with E-state index in [9.17, 15) is 0 Å². The monoisotopic (exact) mass is 895 g/mol. The Balaban J connectivity index is 1.39. The second kappa shape index (κ2) is 18.3. The van der Waals surface area contributed by atoms with E-state index in [0.29, 0.717) is 0 Å². The molecule has 0 spiro atoms. The zero-order valence-corrected chi connectivity index (χ0v) is 43.6. The maximum atomic E-state index is 2.45. The third-order valence-electron chi connectivity index (χ3n) is 13.9. The zero-order valence-electron chi connectivity index (χ0n) is 42.6. The Morgan fingerprint density at radius 2 is 0.507 bits per heavy atom. The lowest BCUT2D eigenvalue weighted by atomic mass is 9.87. The molecule has 67 heavy (non-hydrogen) atoms. The molecule has 0 unspecified atom stereocenters. The fourth-order valence-electron chi connectivity index (χ4n) is 10.2. The topological polar surface area (TPSA) is 6.48 Å². The molecule has 8 aromatic rings. The predicted molar refractivity (Wildman–Crippen MR) is 295 cm³/mol. The van der Waals surface area contributed by atoms with Gasteiger partial charge in [0.15, 0.2) is 8.07 Å². The lowest BCUT2D eigenvalue weighted by Crippen LogP contribution is -2.74. The molecule has 0 saturated carbocycles. The molecule has 0 radical (unpaired) electrons. The molecule has 3 heteroatoms. The summed E-state index contributed by atoms with van der Waals surface area (Å²) in [5.41, 5.74) is 19.8. The Morgan fingerprint density at radius 3 is 0.716 bits per heavy atom. The van der Waals surface area contributed by atoms with Gasteiger partial charge in [-0.15, -0.1) is 0 Å². The van der Waals surface area contributed by atoms with Crippen molar-refractivity contribution in [1.82, 2.24) is 0 Å². The summed E-state index contributed by atoms with van der Waals surface area (Å²) >= 11 is 0. The van der Waals surface area contributed by atoms with Gasteiger partial charge in [0.1, 0.15) is 0 Å². The molecule has 0 aliphatic carbocycles. The largest absolute Gasteiger partial charge is 0.310 e. The first-order chi connectivity index (χ1) is 31.7. The third-order valence-corrected chi connectivity index (χ3v) is 18.7. The number of aryl methyl sites for hydroxylation is 8. The summed E-state index contributed by atoms with van der Waals surface area (Å²) < 4.78 is 0. The summed E-state index contributed by atoms with van der Waals surface area (Å²) in [4.78, 5) is 4.91. The molecular formula is C64H70N2Si. The Bertz CT molecular complexity index is 2720. The van der Waals surface area contributed by atoms with Crippen molar-refractivity contribution in [2.45, 2.75) is 108 Å². The van der Waals surface area contributed by atoms with Crippen LogP contribution in [0.15, 0.2) is 170 Å². The van der Waals surface area contributed by atoms with E-state index in [1.165, 1.54) is 99.1 Å². The number of anilines is 6. The fraction of sp³-hybridized carbons (Fsp3) is 0.250. The highest BCUT2D eigenvalue weighted by Crippen LogP contribution is 2.40. The van der Waals surface area contributed by atoms with Gasteiger partial charge in [-0.3, -0.25) is 0 Å². The molecule has 0 bridgehead atoms. The number of rotatable bonds is 10. The van der Waals surface area contributed by atoms with Gasteiger partial charge in [0.25, 0.3) is 0 Å². The molecule has 340 valence electrons. The molecule has 0 N–H and O–H groups in total. The van der Waals surface area contributed by atoms with Crippen LogP contribution >= 0.6 is 0 Å². The van der Waals surface area contributed by atoms with Crippen LogP contribution in [0, 0.1) is 55.4 Å². The predicted octanol–water partition coefficient (Wildman–Crippen LogP) is 15.1. The first-order valence-corrected chi connectivity index (χ1v) is 26.1. The van der Waals surface area contributed by atoms with E-state index in [2.05, 4.69) is 277 Å². The number of nitrogens with zero attached hydrogens (tertiary/aromatic N) is 2. The van der Waals surface area contributed by atoms with Crippen molar-refractivity contribution in [1.29, 1.82) is 0 Å². The highest BCUT2D eigenvalue weighted by molar-refractivity contribution is 7.19. The van der Waals surface area contributed by atoms with Gasteiger partial charge in [0, 0.05) is 34.1 Å². The average molecular weight is 895 g/mol. The van der Waals surface area contributed by atoms with Gasteiger partial charge in [-0.25, -0.2) is 0 Å². The molecule has 0 amide bonds. The molecular weight excluding hydrogens is 825 g/mol. The van der Waals surface area contributed by atoms with Crippen LogP contribution in [0.3, 0.4) is 0 Å². The molecule has 0 saturated heterocycles. The van der Waals surface area contributed by atoms with Crippen LogP contribution in [-0.2, 0) is 10.8 Å². The SMILES string of the molecule is Cc1ccc(N(c2ccc([Si](c3ccc(N(c4ccc(C)cc4C)c4ccc(C)cc4C)cc3)(c3ccc(C(C)(C)C)cc3)c3ccc(C(C)(C)C)cc3)cc2)c2ccc(C)cc2C)c(C)c1. The van der Waals surface area contributed by atoms with E-state index in [0.717, 1.165) is 11.4 Å². The maximum Gasteiger partial charge on any atom is 0.179 e. The second-order valence-electron chi connectivity index (χ2n) is 21.3. The van der Waals surface area contributed by atoms with E-state index in [1.54, 1.807) is 0 Å². The maximum absolute atomic E-state index is 3.01. The van der Waals surface area contributed by atoms with Crippen molar-refractivity contribution in [2.24, 2.45) is 0 Å². The van der Waals surface area contributed by atoms with E-state index >= 15 is 0 Å². The van der Waals surface area contributed by atoms with Crippen LogP contribution in [0.25, 0.3) is 0 Å². The Hall–Kier alpha value is -6.42. The summed E-state index contributed by atoms with van der Waals surface area (Å²) in [5.74, 6) is 0. The minimum absolute atomic E-state index is 0.0256. The standard InChI is InChI=1S/C64H70N2Si/c1-43-15-35-59(47(5)39-43)65(60-36-16-44(2)40-48(60)6)53-23-31-57(32-24-53)67(55-27-19-51(20-28-55)63(9,10)11,56-29-21-52(22-30-56)64(12,13)14)58-33-25-54(26-34-58)66(61-37-17-45(3)41-49(61)7)62-38-18-46(4)42-50(62)8/h15-42H,1-14H3. The van der Waals surface area contributed by atoms with Gasteiger partial charge in [-0.2, -0.15) is 0 Å². The Morgan fingerprint density at radius 1 is 0.284 bits per heavy atom. The van der Waals surface area contributed by atoms with Crippen LogP contribution in [0.4, 0.5) is 34.1 Å². The quantitative estimate of drug-likeness (QED) is 0.0997. The number of benzene rings is 8. The fourth-order valence-corrected chi connectivity index (χ4v) is 14.9. The number of hydrogen-bond donors (Lipinski definition) is 0. The molecule has 2 nitrogen and oxygen atoms in total.